The van der Waals surface area contributed by atoms with Crippen LogP contribution in [0.25, 0.3) is 0 Å². The average Bonchev–Trinajstić information content (AvgIpc) is 3.04. The Morgan fingerprint density at radius 1 is 1.05 bits per heavy atom. The van der Waals surface area contributed by atoms with Crippen LogP contribution in [0.2, 0.25) is 0 Å². The topological polar surface area (TPSA) is 26.7 Å². The number of hydrogen-bond donors (Lipinski definition) is 1. The maximum Gasteiger partial charge on any atom is 0.0585 e. The van der Waals surface area contributed by atoms with Gasteiger partial charge < -0.3 is 10.0 Å². The van der Waals surface area contributed by atoms with E-state index in [1.165, 1.54) is 51.9 Å². The van der Waals surface area contributed by atoms with Crippen LogP contribution in [-0.2, 0) is 0 Å². The molecule has 0 aromatic rings. The molecule has 1 aliphatic carbocycles. The van der Waals surface area contributed by atoms with E-state index in [1.54, 1.807) is 0 Å². The predicted molar refractivity (Wildman–Crippen MR) is 82.7 cm³/mol. The van der Waals surface area contributed by atoms with E-state index in [9.17, 15) is 5.11 Å². The van der Waals surface area contributed by atoms with Crippen molar-refractivity contribution in [1.29, 1.82) is 0 Å². The highest BCUT2D eigenvalue weighted by Crippen LogP contribution is 2.35. The third kappa shape index (κ3) is 3.20. The molecule has 1 saturated carbocycles. The molecule has 0 aromatic carbocycles. The third-order valence-corrected chi connectivity index (χ3v) is 6.02. The van der Waals surface area contributed by atoms with Crippen LogP contribution in [0, 0.1) is 17.8 Å². The van der Waals surface area contributed by atoms with E-state index in [-0.39, 0.29) is 6.10 Å². The van der Waals surface area contributed by atoms with Crippen LogP contribution in [0.1, 0.15) is 46.0 Å². The Kier molecular flexibility index (Phi) is 4.68. The Hall–Kier alpha value is -0.120. The summed E-state index contributed by atoms with van der Waals surface area (Å²) in [7, 11) is 0. The van der Waals surface area contributed by atoms with Crippen LogP contribution in [0.15, 0.2) is 0 Å². The van der Waals surface area contributed by atoms with Gasteiger partial charge in [-0.05, 0) is 63.6 Å². The van der Waals surface area contributed by atoms with Gasteiger partial charge >= 0.3 is 0 Å². The molecular weight excluding hydrogens is 248 g/mol. The molecule has 1 N–H and O–H groups in total. The highest BCUT2D eigenvalue weighted by atomic mass is 16.3. The minimum atomic E-state index is -0.0698. The molecule has 5 atom stereocenters. The molecule has 3 fully saturated rings. The minimum absolute atomic E-state index is 0.0698. The Morgan fingerprint density at radius 3 is 2.50 bits per heavy atom. The van der Waals surface area contributed by atoms with Crippen LogP contribution in [0.3, 0.4) is 0 Å². The van der Waals surface area contributed by atoms with Gasteiger partial charge in [-0.3, -0.25) is 4.90 Å². The second-order valence-electron chi connectivity index (χ2n) is 7.73. The molecule has 20 heavy (non-hydrogen) atoms. The molecule has 0 spiro atoms. The van der Waals surface area contributed by atoms with Crippen molar-refractivity contribution >= 4 is 0 Å². The second kappa shape index (κ2) is 6.33. The van der Waals surface area contributed by atoms with Crippen LogP contribution in [0.4, 0.5) is 0 Å². The Labute approximate surface area is 124 Å². The molecule has 2 aliphatic heterocycles. The van der Waals surface area contributed by atoms with Gasteiger partial charge in [0.1, 0.15) is 0 Å². The van der Waals surface area contributed by atoms with Gasteiger partial charge in [0, 0.05) is 25.0 Å². The normalized spacial score (nSPS) is 44.2. The Bertz CT molecular complexity index is 304. The summed E-state index contributed by atoms with van der Waals surface area (Å²) < 4.78 is 0. The van der Waals surface area contributed by atoms with Crippen LogP contribution < -0.4 is 0 Å². The molecule has 0 radical (unpaired) electrons. The van der Waals surface area contributed by atoms with Gasteiger partial charge in [-0.15, -0.1) is 0 Å². The average molecular weight is 280 g/mol. The van der Waals surface area contributed by atoms with E-state index in [4.69, 9.17) is 0 Å². The zero-order chi connectivity index (χ0) is 14.1. The van der Waals surface area contributed by atoms with Gasteiger partial charge in [-0.1, -0.05) is 13.8 Å². The van der Waals surface area contributed by atoms with E-state index < -0.39 is 0 Å². The number of aliphatic hydroxyl groups excluding tert-OH is 1. The highest BCUT2D eigenvalue weighted by molar-refractivity contribution is 4.90. The number of aliphatic hydroxyl groups is 1. The quantitative estimate of drug-likeness (QED) is 0.858. The van der Waals surface area contributed by atoms with E-state index in [0.717, 1.165) is 19.0 Å². The summed E-state index contributed by atoms with van der Waals surface area (Å²) in [6.45, 7) is 10.9. The zero-order valence-electron chi connectivity index (χ0n) is 13.3. The molecular formula is C17H32N2O. The first-order valence-electron chi connectivity index (χ1n) is 8.78. The smallest absolute Gasteiger partial charge is 0.0585 e. The lowest BCUT2D eigenvalue weighted by Crippen LogP contribution is -2.43. The van der Waals surface area contributed by atoms with Crippen molar-refractivity contribution in [2.75, 3.05) is 32.7 Å². The van der Waals surface area contributed by atoms with Crippen molar-refractivity contribution in [3.05, 3.63) is 0 Å². The summed E-state index contributed by atoms with van der Waals surface area (Å²) in [4.78, 5) is 5.33. The maximum atomic E-state index is 10.4. The fourth-order valence-electron chi connectivity index (χ4n) is 4.85. The van der Waals surface area contributed by atoms with Gasteiger partial charge in [-0.2, -0.15) is 0 Å². The first-order chi connectivity index (χ1) is 9.63. The molecule has 2 heterocycles. The maximum absolute atomic E-state index is 10.4. The van der Waals surface area contributed by atoms with Gasteiger partial charge in [-0.25, -0.2) is 0 Å². The number of likely N-dealkylation sites (tertiary alicyclic amines) is 2. The van der Waals surface area contributed by atoms with Crippen LogP contribution in [0.5, 0.6) is 0 Å². The van der Waals surface area contributed by atoms with Gasteiger partial charge in [0.05, 0.1) is 6.10 Å². The molecule has 116 valence electrons. The number of hydrogen-bond acceptors (Lipinski definition) is 3. The van der Waals surface area contributed by atoms with E-state index in [2.05, 4.69) is 23.6 Å². The lowest BCUT2D eigenvalue weighted by Gasteiger charge is -2.39. The molecule has 0 aromatic heterocycles. The summed E-state index contributed by atoms with van der Waals surface area (Å²) in [6.07, 6.45) is 6.37. The molecule has 2 saturated heterocycles. The number of rotatable bonds is 3. The molecule has 0 amide bonds. The number of nitrogens with zero attached hydrogens (tertiary/aromatic N) is 2. The monoisotopic (exact) mass is 280 g/mol. The summed E-state index contributed by atoms with van der Waals surface area (Å²) in [6, 6.07) is 0.799. The second-order valence-corrected chi connectivity index (χ2v) is 7.73. The van der Waals surface area contributed by atoms with Crippen LogP contribution in [-0.4, -0.2) is 59.8 Å². The van der Waals surface area contributed by atoms with Crippen molar-refractivity contribution in [1.82, 2.24) is 9.80 Å². The van der Waals surface area contributed by atoms with Gasteiger partial charge in [0.15, 0.2) is 0 Å². The Balaban J connectivity index is 1.51. The van der Waals surface area contributed by atoms with Crippen molar-refractivity contribution in [3.8, 4) is 0 Å². The third-order valence-electron chi connectivity index (χ3n) is 6.02. The van der Waals surface area contributed by atoms with Gasteiger partial charge in [0.2, 0.25) is 0 Å². The standard InChI is InChI=1S/C17H32N2O/c1-13-9-14(2)16(17(20)10-13)12-18-8-5-15(11-18)19-6-3-4-7-19/h13-17,20H,3-12H2,1-2H3. The van der Waals surface area contributed by atoms with Crippen molar-refractivity contribution in [2.45, 2.75) is 58.1 Å². The first kappa shape index (κ1) is 14.8. The highest BCUT2D eigenvalue weighted by Gasteiger charge is 2.36. The lowest BCUT2D eigenvalue weighted by atomic mass is 9.73. The molecule has 3 rings (SSSR count). The van der Waals surface area contributed by atoms with Crippen molar-refractivity contribution in [2.24, 2.45) is 17.8 Å². The van der Waals surface area contributed by atoms with Crippen molar-refractivity contribution < 1.29 is 5.11 Å². The molecule has 5 unspecified atom stereocenters. The SMILES string of the molecule is CC1CC(C)C(CN2CCC(N3CCCC3)C2)C(O)C1. The summed E-state index contributed by atoms with van der Waals surface area (Å²) in [5, 5.41) is 10.4. The molecule has 3 nitrogen and oxygen atoms in total. The Morgan fingerprint density at radius 2 is 1.80 bits per heavy atom. The molecule has 0 bridgehead atoms. The van der Waals surface area contributed by atoms with Crippen molar-refractivity contribution in [3.63, 3.8) is 0 Å². The van der Waals surface area contributed by atoms with Crippen LogP contribution >= 0.6 is 0 Å². The summed E-state index contributed by atoms with van der Waals surface area (Å²) in [5.74, 6) is 1.88. The van der Waals surface area contributed by atoms with E-state index in [1.807, 2.05) is 0 Å². The predicted octanol–water partition coefficient (Wildman–Crippen LogP) is 2.20. The summed E-state index contributed by atoms with van der Waals surface area (Å²) >= 11 is 0. The van der Waals surface area contributed by atoms with Gasteiger partial charge in [0.25, 0.3) is 0 Å². The minimum Gasteiger partial charge on any atom is -0.393 e. The largest absolute Gasteiger partial charge is 0.393 e. The molecule has 3 heteroatoms. The fourth-order valence-corrected chi connectivity index (χ4v) is 4.85. The van der Waals surface area contributed by atoms with E-state index in [0.29, 0.717) is 17.8 Å². The lowest BCUT2D eigenvalue weighted by molar-refractivity contribution is 0.000480. The summed E-state index contributed by atoms with van der Waals surface area (Å²) in [5.41, 5.74) is 0. The zero-order valence-corrected chi connectivity index (χ0v) is 13.3. The fraction of sp³-hybridized carbons (Fsp3) is 1.00. The van der Waals surface area contributed by atoms with E-state index >= 15 is 0 Å². The first-order valence-corrected chi connectivity index (χ1v) is 8.78. The molecule has 3 aliphatic rings.